The van der Waals surface area contributed by atoms with Gasteiger partial charge in [0, 0.05) is 16.9 Å². The van der Waals surface area contributed by atoms with Crippen LogP contribution in [0.3, 0.4) is 0 Å². The molecule has 0 radical (unpaired) electrons. The van der Waals surface area contributed by atoms with Gasteiger partial charge in [-0.2, -0.15) is 0 Å². The highest BCUT2D eigenvalue weighted by Crippen LogP contribution is 2.25. The summed E-state index contributed by atoms with van der Waals surface area (Å²) in [7, 11) is -3.61. The predicted molar refractivity (Wildman–Crippen MR) is 142 cm³/mol. The molecule has 0 aromatic heterocycles. The van der Waals surface area contributed by atoms with E-state index in [0.29, 0.717) is 10.9 Å². The summed E-state index contributed by atoms with van der Waals surface area (Å²) in [6, 6.07) is 37.1. The van der Waals surface area contributed by atoms with Crippen molar-refractivity contribution in [1.82, 2.24) is 5.32 Å². The Bertz CT molecular complexity index is 1320. The number of benzene rings is 4. The van der Waals surface area contributed by atoms with Gasteiger partial charge in [0.05, 0.1) is 4.90 Å². The monoisotopic (exact) mass is 485 g/mol. The second-order valence-corrected chi connectivity index (χ2v) is 9.71. The molecule has 4 aromatic rings. The summed E-state index contributed by atoms with van der Waals surface area (Å²) in [5.74, 6) is -0.0324. The average Bonchev–Trinajstić information content (AvgIpc) is 2.89. The summed E-state index contributed by atoms with van der Waals surface area (Å²) in [6.07, 6.45) is 0. The molecule has 0 saturated heterocycles. The minimum absolute atomic E-state index is 0.226. The zero-order valence-electron chi connectivity index (χ0n) is 18.3. The summed E-state index contributed by atoms with van der Waals surface area (Å²) in [5.41, 5.74) is 2.47. The molecule has 0 aliphatic heterocycles. The molecule has 170 valence electrons. The summed E-state index contributed by atoms with van der Waals surface area (Å²) in [4.78, 5) is 6.57. The average molecular weight is 486 g/mol. The van der Waals surface area contributed by atoms with Gasteiger partial charge in [-0.1, -0.05) is 84.9 Å². The standard InChI is InChI=1S/C27H23N3O2S2/c31-34(32,25-19-11-4-12-20-25)21-28-26(22-13-5-1-6-14-22)29-27(33)30(23-15-7-2-8-16-23)24-17-9-3-10-18-24/h1-20H,21H2,(H,28,29,33). The SMILES string of the molecule is O=S(=O)(C/N=C(\NC(=S)N(c1ccccc1)c1ccccc1)c1ccccc1)c1ccccc1. The van der Waals surface area contributed by atoms with Gasteiger partial charge >= 0.3 is 0 Å². The lowest BCUT2D eigenvalue weighted by Gasteiger charge is -2.26. The van der Waals surface area contributed by atoms with Crippen LogP contribution in [0.2, 0.25) is 0 Å². The molecule has 0 unspecified atom stereocenters. The highest BCUT2D eigenvalue weighted by atomic mass is 32.2. The summed E-state index contributed by atoms with van der Waals surface area (Å²) in [6.45, 7) is 0. The lowest BCUT2D eigenvalue weighted by molar-refractivity contribution is 0.596. The summed E-state index contributed by atoms with van der Waals surface area (Å²) < 4.78 is 25.7. The van der Waals surface area contributed by atoms with Crippen LogP contribution in [0.15, 0.2) is 131 Å². The number of nitrogens with zero attached hydrogens (tertiary/aromatic N) is 2. The van der Waals surface area contributed by atoms with Crippen molar-refractivity contribution in [2.75, 3.05) is 10.8 Å². The van der Waals surface area contributed by atoms with Crippen molar-refractivity contribution in [3.05, 3.63) is 127 Å². The van der Waals surface area contributed by atoms with Crippen LogP contribution >= 0.6 is 12.2 Å². The number of hydrogen-bond acceptors (Lipinski definition) is 4. The fraction of sp³-hybridized carbons (Fsp3) is 0.0370. The third-order valence-corrected chi connectivity index (χ3v) is 6.74. The van der Waals surface area contributed by atoms with E-state index in [2.05, 4.69) is 10.3 Å². The summed E-state index contributed by atoms with van der Waals surface area (Å²) >= 11 is 5.80. The Balaban J connectivity index is 1.68. The van der Waals surface area contributed by atoms with Crippen molar-refractivity contribution in [1.29, 1.82) is 0 Å². The number of rotatable bonds is 6. The Morgan fingerprint density at radius 3 is 1.65 bits per heavy atom. The van der Waals surface area contributed by atoms with Gasteiger partial charge in [-0.15, -0.1) is 0 Å². The Morgan fingerprint density at radius 1 is 0.706 bits per heavy atom. The first-order valence-corrected chi connectivity index (χ1v) is 12.7. The molecule has 0 bridgehead atoms. The van der Waals surface area contributed by atoms with Crippen LogP contribution in [0.25, 0.3) is 0 Å². The van der Waals surface area contributed by atoms with E-state index >= 15 is 0 Å². The van der Waals surface area contributed by atoms with E-state index in [4.69, 9.17) is 12.2 Å². The Morgan fingerprint density at radius 2 is 1.15 bits per heavy atom. The molecular weight excluding hydrogens is 462 g/mol. The number of aliphatic imine (C=N–C) groups is 1. The van der Waals surface area contributed by atoms with Gasteiger partial charge in [0.1, 0.15) is 11.7 Å². The van der Waals surface area contributed by atoms with Crippen molar-refractivity contribution >= 4 is 44.4 Å². The maximum Gasteiger partial charge on any atom is 0.198 e. The second kappa shape index (κ2) is 10.9. The van der Waals surface area contributed by atoms with E-state index in [1.165, 1.54) is 0 Å². The van der Waals surface area contributed by atoms with Crippen molar-refractivity contribution in [3.63, 3.8) is 0 Å². The second-order valence-electron chi connectivity index (χ2n) is 7.37. The number of sulfone groups is 1. The molecule has 0 aliphatic rings. The number of hydrogen-bond donors (Lipinski definition) is 1. The number of nitrogens with one attached hydrogen (secondary N) is 1. The molecule has 7 heteroatoms. The van der Waals surface area contributed by atoms with Crippen molar-refractivity contribution in [3.8, 4) is 0 Å². The molecule has 0 fully saturated rings. The number of anilines is 2. The summed E-state index contributed by atoms with van der Waals surface area (Å²) in [5, 5.41) is 3.57. The van der Waals surface area contributed by atoms with Gasteiger partial charge in [-0.25, -0.2) is 8.42 Å². The van der Waals surface area contributed by atoms with Crippen molar-refractivity contribution in [2.45, 2.75) is 4.90 Å². The number of thiocarbonyl (C=S) groups is 1. The van der Waals surface area contributed by atoms with E-state index in [1.54, 1.807) is 30.3 Å². The van der Waals surface area contributed by atoms with Gasteiger partial charge < -0.3 is 5.32 Å². The molecule has 34 heavy (non-hydrogen) atoms. The molecule has 0 atom stereocenters. The molecule has 0 heterocycles. The maximum atomic E-state index is 12.9. The number of amidine groups is 1. The molecule has 5 nitrogen and oxygen atoms in total. The zero-order valence-corrected chi connectivity index (χ0v) is 19.9. The van der Waals surface area contributed by atoms with Gasteiger partial charge in [-0.3, -0.25) is 9.89 Å². The smallest absolute Gasteiger partial charge is 0.198 e. The first-order valence-electron chi connectivity index (χ1n) is 10.6. The Kier molecular flexibility index (Phi) is 7.47. The molecule has 0 spiro atoms. The van der Waals surface area contributed by atoms with E-state index in [0.717, 1.165) is 16.9 Å². The van der Waals surface area contributed by atoms with Crippen molar-refractivity contribution in [2.24, 2.45) is 4.99 Å². The lowest BCUT2D eigenvalue weighted by Crippen LogP contribution is -2.41. The third kappa shape index (κ3) is 5.75. The largest absolute Gasteiger partial charge is 0.316 e. The van der Waals surface area contributed by atoms with E-state index < -0.39 is 15.7 Å². The van der Waals surface area contributed by atoms with Crippen LogP contribution in [0.4, 0.5) is 11.4 Å². The molecule has 0 amide bonds. The minimum atomic E-state index is -3.61. The highest BCUT2D eigenvalue weighted by molar-refractivity contribution is 7.91. The van der Waals surface area contributed by atoms with E-state index in [9.17, 15) is 8.42 Å². The third-order valence-electron chi connectivity index (χ3n) is 5.00. The van der Waals surface area contributed by atoms with Crippen LogP contribution in [-0.4, -0.2) is 25.2 Å². The quantitative estimate of drug-likeness (QED) is 0.220. The van der Waals surface area contributed by atoms with E-state index in [-0.39, 0.29) is 4.90 Å². The van der Waals surface area contributed by atoms with Crippen LogP contribution in [0.5, 0.6) is 0 Å². The Labute approximate surface area is 205 Å². The molecule has 1 N–H and O–H groups in total. The minimum Gasteiger partial charge on any atom is -0.316 e. The maximum absolute atomic E-state index is 12.9. The number of para-hydroxylation sites is 2. The van der Waals surface area contributed by atoms with Crippen LogP contribution in [0.1, 0.15) is 5.56 Å². The normalized spacial score (nSPS) is 11.6. The van der Waals surface area contributed by atoms with Gasteiger partial charge in [0.15, 0.2) is 14.9 Å². The van der Waals surface area contributed by atoms with Crippen LogP contribution in [0, 0.1) is 0 Å². The topological polar surface area (TPSA) is 61.8 Å². The van der Waals surface area contributed by atoms with Gasteiger partial charge in [0.2, 0.25) is 0 Å². The van der Waals surface area contributed by atoms with E-state index in [1.807, 2.05) is 95.9 Å². The first kappa shape index (κ1) is 23.4. The molecule has 0 aliphatic carbocycles. The fourth-order valence-corrected chi connectivity index (χ4v) is 4.67. The molecular formula is C27H23N3O2S2. The zero-order chi connectivity index (χ0) is 23.8. The highest BCUT2D eigenvalue weighted by Gasteiger charge is 2.18. The van der Waals surface area contributed by atoms with Crippen LogP contribution < -0.4 is 10.2 Å². The van der Waals surface area contributed by atoms with Gasteiger partial charge in [-0.05, 0) is 48.6 Å². The molecule has 0 saturated carbocycles. The Hall–Kier alpha value is -3.81. The molecule has 4 rings (SSSR count). The lowest BCUT2D eigenvalue weighted by atomic mass is 10.2. The molecule has 4 aromatic carbocycles. The first-order chi connectivity index (χ1) is 16.5. The predicted octanol–water partition coefficient (Wildman–Crippen LogP) is 5.58. The van der Waals surface area contributed by atoms with Gasteiger partial charge in [0.25, 0.3) is 0 Å². The van der Waals surface area contributed by atoms with Crippen LogP contribution in [-0.2, 0) is 9.84 Å². The fourth-order valence-electron chi connectivity index (χ4n) is 3.35. The van der Waals surface area contributed by atoms with Crippen molar-refractivity contribution < 1.29 is 8.42 Å².